The monoisotopic (exact) mass is 314 g/mol. The largest absolute Gasteiger partial charge is 0.493 e. The van der Waals surface area contributed by atoms with Crippen LogP contribution < -0.4 is 4.74 Å². The van der Waals surface area contributed by atoms with E-state index in [9.17, 15) is 4.79 Å². The number of hydrogen-bond acceptors (Lipinski definition) is 3. The highest BCUT2D eigenvalue weighted by molar-refractivity contribution is 5.96. The Labute approximate surface area is 138 Å². The van der Waals surface area contributed by atoms with Crippen LogP contribution in [0.3, 0.4) is 0 Å². The van der Waals surface area contributed by atoms with Crippen LogP contribution in [0.15, 0.2) is 12.1 Å². The van der Waals surface area contributed by atoms with Crippen molar-refractivity contribution in [1.82, 2.24) is 10.2 Å². The lowest BCUT2D eigenvalue weighted by atomic mass is 10.0. The number of benzene rings is 1. The average Bonchev–Trinajstić information content (AvgIpc) is 2.83. The Balaban J connectivity index is 1.97. The molecule has 0 radical (unpaired) electrons. The summed E-state index contributed by atoms with van der Waals surface area (Å²) < 4.78 is 5.97. The zero-order chi connectivity index (χ0) is 17.0. The van der Waals surface area contributed by atoms with Crippen molar-refractivity contribution < 1.29 is 9.53 Å². The topological polar surface area (TPSA) is 55.0 Å². The van der Waals surface area contributed by atoms with E-state index in [1.807, 2.05) is 46.8 Å². The van der Waals surface area contributed by atoms with E-state index >= 15 is 0 Å². The molecule has 1 aromatic heterocycles. The van der Waals surface area contributed by atoms with Gasteiger partial charge in [0.15, 0.2) is 5.78 Å². The van der Waals surface area contributed by atoms with Gasteiger partial charge < -0.3 is 4.74 Å². The highest BCUT2D eigenvalue weighted by atomic mass is 16.5. The molecule has 0 atom stereocenters. The number of nitrogens with zero attached hydrogens (tertiary/aromatic N) is 1. The van der Waals surface area contributed by atoms with Gasteiger partial charge in [-0.3, -0.25) is 9.89 Å². The number of hydrogen-bond donors (Lipinski definition) is 1. The Bertz CT molecular complexity index is 659. The van der Waals surface area contributed by atoms with Gasteiger partial charge >= 0.3 is 0 Å². The van der Waals surface area contributed by atoms with E-state index in [1.54, 1.807) is 0 Å². The van der Waals surface area contributed by atoms with Crippen molar-refractivity contribution in [3.63, 3.8) is 0 Å². The van der Waals surface area contributed by atoms with E-state index in [0.717, 1.165) is 46.7 Å². The molecule has 0 fully saturated rings. The fourth-order valence-corrected chi connectivity index (χ4v) is 2.91. The number of aromatic nitrogens is 2. The van der Waals surface area contributed by atoms with Gasteiger partial charge in [-0.1, -0.05) is 6.92 Å². The predicted octanol–water partition coefficient (Wildman–Crippen LogP) is 4.25. The highest BCUT2D eigenvalue weighted by Crippen LogP contribution is 2.26. The third-order valence-electron chi connectivity index (χ3n) is 4.20. The van der Waals surface area contributed by atoms with Gasteiger partial charge in [0.2, 0.25) is 0 Å². The maximum Gasteiger partial charge on any atom is 0.162 e. The summed E-state index contributed by atoms with van der Waals surface area (Å²) in [5, 5.41) is 7.23. The lowest BCUT2D eigenvalue weighted by molar-refractivity contribution is 0.0988. The van der Waals surface area contributed by atoms with Gasteiger partial charge in [0.25, 0.3) is 0 Å². The fourth-order valence-electron chi connectivity index (χ4n) is 2.91. The van der Waals surface area contributed by atoms with Gasteiger partial charge in [0.1, 0.15) is 5.75 Å². The summed E-state index contributed by atoms with van der Waals surface area (Å²) in [5.41, 5.74) is 6.31. The minimum atomic E-state index is 0.175. The Kier molecular flexibility index (Phi) is 5.59. The number of ether oxygens (including phenoxy) is 1. The number of aromatic amines is 1. The van der Waals surface area contributed by atoms with E-state index in [0.29, 0.717) is 13.0 Å². The first-order valence-corrected chi connectivity index (χ1v) is 8.21. The molecule has 0 unspecified atom stereocenters. The number of H-pyrrole nitrogens is 1. The molecule has 0 aliphatic carbocycles. The number of ketones is 1. The normalized spacial score (nSPS) is 10.8. The van der Waals surface area contributed by atoms with Crippen LogP contribution in [0.1, 0.15) is 58.2 Å². The molecule has 0 spiro atoms. The summed E-state index contributed by atoms with van der Waals surface area (Å²) in [5.74, 6) is 1.08. The van der Waals surface area contributed by atoms with Crippen molar-refractivity contribution in [3.8, 4) is 5.75 Å². The molecule has 4 nitrogen and oxygen atoms in total. The van der Waals surface area contributed by atoms with Crippen molar-refractivity contribution in [2.45, 2.75) is 53.9 Å². The number of aryl methyl sites for hydroxylation is 4. The Morgan fingerprint density at radius 1 is 1.17 bits per heavy atom. The van der Waals surface area contributed by atoms with Gasteiger partial charge in [0.05, 0.1) is 12.3 Å². The van der Waals surface area contributed by atoms with Gasteiger partial charge in [-0.2, -0.15) is 5.10 Å². The third-order valence-corrected chi connectivity index (χ3v) is 4.20. The van der Waals surface area contributed by atoms with Gasteiger partial charge in [-0.25, -0.2) is 0 Å². The maximum atomic E-state index is 11.8. The second-order valence-corrected chi connectivity index (χ2v) is 6.08. The van der Waals surface area contributed by atoms with Crippen LogP contribution in [0.4, 0.5) is 0 Å². The molecule has 0 saturated heterocycles. The zero-order valence-electron chi connectivity index (χ0n) is 14.7. The second kappa shape index (κ2) is 7.44. The summed E-state index contributed by atoms with van der Waals surface area (Å²) in [6.45, 7) is 10.6. The maximum absolute atomic E-state index is 11.8. The Morgan fingerprint density at radius 2 is 1.83 bits per heavy atom. The third kappa shape index (κ3) is 4.01. The quantitative estimate of drug-likeness (QED) is 0.614. The van der Waals surface area contributed by atoms with E-state index in [-0.39, 0.29) is 5.78 Å². The number of nitrogens with one attached hydrogen (secondary N) is 1. The summed E-state index contributed by atoms with van der Waals surface area (Å²) in [7, 11) is 0. The van der Waals surface area contributed by atoms with E-state index in [1.165, 1.54) is 5.56 Å². The summed E-state index contributed by atoms with van der Waals surface area (Å²) in [6, 6.07) is 3.86. The SMILES string of the molecule is CCC(=O)c1cc(C)c(OCCCc2c(C)n[nH]c2C)c(C)c1. The van der Waals surface area contributed by atoms with E-state index in [2.05, 4.69) is 10.2 Å². The first kappa shape index (κ1) is 17.3. The smallest absolute Gasteiger partial charge is 0.162 e. The standard InChI is InChI=1S/C19H26N2O2/c1-6-18(22)16-10-12(2)19(13(3)11-16)23-9-7-8-17-14(4)20-21-15(17)5/h10-11H,6-9H2,1-5H3,(H,20,21). The van der Waals surface area contributed by atoms with E-state index < -0.39 is 0 Å². The minimum absolute atomic E-state index is 0.175. The van der Waals surface area contributed by atoms with Crippen molar-refractivity contribution >= 4 is 5.78 Å². The second-order valence-electron chi connectivity index (χ2n) is 6.08. The van der Waals surface area contributed by atoms with Gasteiger partial charge in [0, 0.05) is 17.7 Å². The molecule has 0 aliphatic heterocycles. The minimum Gasteiger partial charge on any atom is -0.493 e. The molecule has 1 N–H and O–H groups in total. The molecule has 0 amide bonds. The molecular formula is C19H26N2O2. The van der Waals surface area contributed by atoms with Crippen LogP contribution in [0.2, 0.25) is 0 Å². The molecular weight excluding hydrogens is 288 g/mol. The molecule has 0 aliphatic rings. The molecule has 2 rings (SSSR count). The average molecular weight is 314 g/mol. The van der Waals surface area contributed by atoms with Crippen LogP contribution >= 0.6 is 0 Å². The molecule has 0 saturated carbocycles. The molecule has 2 aromatic rings. The summed E-state index contributed by atoms with van der Waals surface area (Å²) in [6.07, 6.45) is 2.43. The highest BCUT2D eigenvalue weighted by Gasteiger charge is 2.11. The fraction of sp³-hybridized carbons (Fsp3) is 0.474. The number of carbonyl (C=O) groups is 1. The van der Waals surface area contributed by atoms with Crippen molar-refractivity contribution in [2.24, 2.45) is 0 Å². The molecule has 124 valence electrons. The number of Topliss-reactive ketones (excluding diaryl/α,β-unsaturated/α-hetero) is 1. The number of rotatable bonds is 7. The first-order chi connectivity index (χ1) is 10.9. The van der Waals surface area contributed by atoms with Crippen LogP contribution in [-0.2, 0) is 6.42 Å². The van der Waals surface area contributed by atoms with Crippen LogP contribution in [0.25, 0.3) is 0 Å². The molecule has 4 heteroatoms. The summed E-state index contributed by atoms with van der Waals surface area (Å²) in [4.78, 5) is 11.8. The van der Waals surface area contributed by atoms with Crippen LogP contribution in [-0.4, -0.2) is 22.6 Å². The van der Waals surface area contributed by atoms with Gasteiger partial charge in [-0.05, 0) is 69.4 Å². The first-order valence-electron chi connectivity index (χ1n) is 8.21. The van der Waals surface area contributed by atoms with Crippen LogP contribution in [0, 0.1) is 27.7 Å². The van der Waals surface area contributed by atoms with Crippen molar-refractivity contribution in [3.05, 3.63) is 45.8 Å². The van der Waals surface area contributed by atoms with Crippen LogP contribution in [0.5, 0.6) is 5.75 Å². The van der Waals surface area contributed by atoms with Gasteiger partial charge in [-0.15, -0.1) is 0 Å². The Hall–Kier alpha value is -2.10. The zero-order valence-corrected chi connectivity index (χ0v) is 14.7. The summed E-state index contributed by atoms with van der Waals surface area (Å²) >= 11 is 0. The molecule has 1 heterocycles. The van der Waals surface area contributed by atoms with Crippen molar-refractivity contribution in [1.29, 1.82) is 0 Å². The molecule has 1 aromatic carbocycles. The molecule has 23 heavy (non-hydrogen) atoms. The van der Waals surface area contributed by atoms with Crippen molar-refractivity contribution in [2.75, 3.05) is 6.61 Å². The Morgan fingerprint density at radius 3 is 2.35 bits per heavy atom. The van der Waals surface area contributed by atoms with E-state index in [4.69, 9.17) is 4.74 Å². The lowest BCUT2D eigenvalue weighted by Crippen LogP contribution is -2.05. The lowest BCUT2D eigenvalue weighted by Gasteiger charge is -2.14. The predicted molar refractivity (Wildman–Crippen MR) is 92.4 cm³/mol. The number of carbonyl (C=O) groups excluding carboxylic acids is 1. The molecule has 0 bridgehead atoms.